The normalized spacial score (nSPS) is 24.3. The van der Waals surface area contributed by atoms with Crippen molar-refractivity contribution in [1.29, 1.82) is 0 Å². The first kappa shape index (κ1) is 11.4. The van der Waals surface area contributed by atoms with Gasteiger partial charge in [0.05, 0.1) is 13.4 Å². The van der Waals surface area contributed by atoms with E-state index in [-0.39, 0.29) is 11.7 Å². The fourth-order valence-electron chi connectivity index (χ4n) is 2.08. The van der Waals surface area contributed by atoms with Gasteiger partial charge >= 0.3 is 5.97 Å². The van der Waals surface area contributed by atoms with Crippen LogP contribution in [0.4, 0.5) is 0 Å². The molecule has 2 N–H and O–H groups in total. The molecule has 5 heteroatoms. The monoisotopic (exact) mass is 235 g/mol. The minimum Gasteiger partial charge on any atom is -0.469 e. The zero-order valence-electron chi connectivity index (χ0n) is 9.38. The quantitative estimate of drug-likeness (QED) is 0.610. The number of methoxy groups -OCH3 is 1. The van der Waals surface area contributed by atoms with Crippen LogP contribution in [0.25, 0.3) is 0 Å². The van der Waals surface area contributed by atoms with Crippen molar-refractivity contribution in [3.8, 4) is 0 Å². The maximum atomic E-state index is 11.8. The van der Waals surface area contributed by atoms with Gasteiger partial charge in [0, 0.05) is 17.7 Å². The van der Waals surface area contributed by atoms with Gasteiger partial charge < -0.3 is 14.9 Å². The number of ether oxygens (including phenoxy) is 1. The molecule has 0 radical (unpaired) electrons. The van der Waals surface area contributed by atoms with E-state index < -0.39 is 11.9 Å². The standard InChI is InChI=1S/C12H13NO4/c1-16-12(15)11-8(10-3-2-4-17-10)5-7(13)6-9(11)14/h2-4,6,8,11H,5,13H2,1H3/t8-,11+/m0/s1. The molecule has 1 aromatic heterocycles. The van der Waals surface area contributed by atoms with Crippen molar-refractivity contribution in [1.82, 2.24) is 0 Å². The van der Waals surface area contributed by atoms with Crippen LogP contribution in [0.1, 0.15) is 18.1 Å². The van der Waals surface area contributed by atoms with Gasteiger partial charge in [0.1, 0.15) is 11.7 Å². The Morgan fingerprint density at radius 1 is 1.59 bits per heavy atom. The molecule has 0 aromatic carbocycles. The van der Waals surface area contributed by atoms with E-state index in [9.17, 15) is 9.59 Å². The Morgan fingerprint density at radius 3 is 2.94 bits per heavy atom. The van der Waals surface area contributed by atoms with Crippen LogP contribution in [-0.4, -0.2) is 18.9 Å². The molecule has 0 amide bonds. The summed E-state index contributed by atoms with van der Waals surface area (Å²) in [6.07, 6.45) is 3.21. The second-order valence-electron chi connectivity index (χ2n) is 3.95. The molecule has 0 spiro atoms. The predicted molar refractivity (Wildman–Crippen MR) is 58.8 cm³/mol. The van der Waals surface area contributed by atoms with Crippen LogP contribution in [-0.2, 0) is 14.3 Å². The van der Waals surface area contributed by atoms with Gasteiger partial charge in [0.15, 0.2) is 5.78 Å². The van der Waals surface area contributed by atoms with Crippen molar-refractivity contribution < 1.29 is 18.7 Å². The topological polar surface area (TPSA) is 82.5 Å². The SMILES string of the molecule is COC(=O)[C@H]1C(=O)C=C(N)C[C@H]1c1ccco1. The van der Waals surface area contributed by atoms with Gasteiger partial charge in [-0.05, 0) is 18.6 Å². The number of carbonyl (C=O) groups is 2. The van der Waals surface area contributed by atoms with E-state index in [0.717, 1.165) is 0 Å². The molecule has 0 saturated heterocycles. The van der Waals surface area contributed by atoms with Crippen molar-refractivity contribution in [2.24, 2.45) is 11.7 Å². The molecule has 5 nitrogen and oxygen atoms in total. The molecule has 1 aromatic rings. The number of esters is 1. The van der Waals surface area contributed by atoms with Crippen molar-refractivity contribution in [3.63, 3.8) is 0 Å². The highest BCUT2D eigenvalue weighted by molar-refractivity contribution is 6.06. The molecular formula is C12H13NO4. The Bertz CT molecular complexity index is 461. The van der Waals surface area contributed by atoms with Crippen LogP contribution >= 0.6 is 0 Å². The number of hydrogen-bond acceptors (Lipinski definition) is 5. The number of allylic oxidation sites excluding steroid dienone is 2. The first-order chi connectivity index (χ1) is 8.13. The highest BCUT2D eigenvalue weighted by atomic mass is 16.5. The number of hydrogen-bond donors (Lipinski definition) is 1. The van der Waals surface area contributed by atoms with E-state index in [2.05, 4.69) is 4.74 Å². The molecule has 1 heterocycles. The third kappa shape index (κ3) is 2.08. The summed E-state index contributed by atoms with van der Waals surface area (Å²) >= 11 is 0. The second kappa shape index (κ2) is 4.45. The van der Waals surface area contributed by atoms with E-state index in [0.29, 0.717) is 17.9 Å². The lowest BCUT2D eigenvalue weighted by molar-refractivity contribution is -0.149. The van der Waals surface area contributed by atoms with Crippen molar-refractivity contribution in [2.45, 2.75) is 12.3 Å². The van der Waals surface area contributed by atoms with Gasteiger partial charge in [-0.3, -0.25) is 9.59 Å². The molecule has 0 saturated carbocycles. The summed E-state index contributed by atoms with van der Waals surface area (Å²) in [6, 6.07) is 3.44. The first-order valence-electron chi connectivity index (χ1n) is 5.24. The second-order valence-corrected chi connectivity index (χ2v) is 3.95. The van der Waals surface area contributed by atoms with E-state index in [1.165, 1.54) is 19.4 Å². The van der Waals surface area contributed by atoms with Gasteiger partial charge in [-0.1, -0.05) is 0 Å². The lowest BCUT2D eigenvalue weighted by atomic mass is 9.79. The Balaban J connectivity index is 2.37. The smallest absolute Gasteiger partial charge is 0.317 e. The van der Waals surface area contributed by atoms with Crippen LogP contribution in [0.5, 0.6) is 0 Å². The molecule has 1 aliphatic carbocycles. The van der Waals surface area contributed by atoms with E-state index >= 15 is 0 Å². The minimum absolute atomic E-state index is 0.331. The molecule has 0 aliphatic heterocycles. The van der Waals surface area contributed by atoms with Gasteiger partial charge in [0.2, 0.25) is 0 Å². The minimum atomic E-state index is -0.863. The van der Waals surface area contributed by atoms with Crippen LogP contribution in [0.3, 0.4) is 0 Å². The molecule has 1 aliphatic rings. The molecule has 2 atom stereocenters. The summed E-state index contributed by atoms with van der Waals surface area (Å²) < 4.78 is 9.90. The van der Waals surface area contributed by atoms with Gasteiger partial charge in [-0.15, -0.1) is 0 Å². The van der Waals surface area contributed by atoms with Gasteiger partial charge in [-0.25, -0.2) is 0 Å². The van der Waals surface area contributed by atoms with Crippen LogP contribution < -0.4 is 5.73 Å². The maximum absolute atomic E-state index is 11.8. The van der Waals surface area contributed by atoms with E-state index in [1.807, 2.05) is 0 Å². The summed E-state index contributed by atoms with van der Waals surface area (Å²) in [6.45, 7) is 0. The molecule has 17 heavy (non-hydrogen) atoms. The maximum Gasteiger partial charge on any atom is 0.317 e. The van der Waals surface area contributed by atoms with Crippen LogP contribution in [0, 0.1) is 5.92 Å². The fraction of sp³-hybridized carbons (Fsp3) is 0.333. The van der Waals surface area contributed by atoms with Crippen LogP contribution in [0.15, 0.2) is 34.6 Å². The molecule has 0 unspecified atom stereocenters. The molecule has 2 rings (SSSR count). The summed E-state index contributed by atoms with van der Waals surface area (Å²) in [7, 11) is 1.26. The molecule has 0 bridgehead atoms. The highest BCUT2D eigenvalue weighted by Crippen LogP contribution is 2.35. The summed E-state index contributed by atoms with van der Waals surface area (Å²) in [5, 5.41) is 0. The number of ketones is 1. The van der Waals surface area contributed by atoms with Gasteiger partial charge in [-0.2, -0.15) is 0 Å². The summed E-state index contributed by atoms with van der Waals surface area (Å²) in [4.78, 5) is 23.4. The van der Waals surface area contributed by atoms with Crippen LogP contribution in [0.2, 0.25) is 0 Å². The number of furan rings is 1. The summed E-state index contributed by atoms with van der Waals surface area (Å²) in [5.41, 5.74) is 6.13. The lowest BCUT2D eigenvalue weighted by Crippen LogP contribution is -2.34. The zero-order valence-corrected chi connectivity index (χ0v) is 9.38. The Labute approximate surface area is 98.2 Å². The van der Waals surface area contributed by atoms with Crippen molar-refractivity contribution in [2.75, 3.05) is 7.11 Å². The third-order valence-corrected chi connectivity index (χ3v) is 2.86. The Hall–Kier alpha value is -2.04. The van der Waals surface area contributed by atoms with E-state index in [4.69, 9.17) is 10.2 Å². The third-order valence-electron chi connectivity index (χ3n) is 2.86. The van der Waals surface area contributed by atoms with Crippen molar-refractivity contribution >= 4 is 11.8 Å². The highest BCUT2D eigenvalue weighted by Gasteiger charge is 2.40. The lowest BCUT2D eigenvalue weighted by Gasteiger charge is -2.25. The van der Waals surface area contributed by atoms with Gasteiger partial charge in [0.25, 0.3) is 0 Å². The first-order valence-corrected chi connectivity index (χ1v) is 5.24. The molecule has 90 valence electrons. The Kier molecular flexibility index (Phi) is 2.99. The van der Waals surface area contributed by atoms with E-state index in [1.54, 1.807) is 12.1 Å². The largest absolute Gasteiger partial charge is 0.469 e. The number of carbonyl (C=O) groups excluding carboxylic acids is 2. The Morgan fingerprint density at radius 2 is 2.35 bits per heavy atom. The fourth-order valence-corrected chi connectivity index (χ4v) is 2.08. The predicted octanol–water partition coefficient (Wildman–Crippen LogP) is 0.968. The molecule has 0 fully saturated rings. The number of nitrogens with two attached hydrogens (primary N) is 1. The summed E-state index contributed by atoms with van der Waals surface area (Å²) in [5.74, 6) is -1.56. The van der Waals surface area contributed by atoms with Crippen molar-refractivity contribution in [3.05, 3.63) is 35.9 Å². The molecular weight excluding hydrogens is 222 g/mol. The zero-order chi connectivity index (χ0) is 12.4. The average Bonchev–Trinajstić information content (AvgIpc) is 2.80. The average molecular weight is 235 g/mol. The number of rotatable bonds is 2.